The van der Waals surface area contributed by atoms with E-state index in [1.54, 1.807) is 25.3 Å². The highest BCUT2D eigenvalue weighted by Gasteiger charge is 2.19. The summed E-state index contributed by atoms with van der Waals surface area (Å²) in [5.41, 5.74) is 3.49. The predicted molar refractivity (Wildman–Crippen MR) is 98.9 cm³/mol. The van der Waals surface area contributed by atoms with Gasteiger partial charge in [-0.1, -0.05) is 12.1 Å². The lowest BCUT2D eigenvalue weighted by molar-refractivity contribution is -0.384. The number of nitriles is 2. The van der Waals surface area contributed by atoms with Crippen molar-refractivity contribution in [1.82, 2.24) is 0 Å². The highest BCUT2D eigenvalue weighted by atomic mass is 79.9. The summed E-state index contributed by atoms with van der Waals surface area (Å²) in [5.74, 6) is 0.726. The predicted octanol–water partition coefficient (Wildman–Crippen LogP) is 3.77. The largest absolute Gasteiger partial charge is 0.497 e. The molecule has 0 aromatic heterocycles. The fourth-order valence-electron chi connectivity index (χ4n) is 2.17. The molecule has 0 heterocycles. The van der Waals surface area contributed by atoms with Crippen molar-refractivity contribution >= 4 is 33.0 Å². The van der Waals surface area contributed by atoms with Crippen LogP contribution in [0.25, 0.3) is 0 Å². The van der Waals surface area contributed by atoms with E-state index in [0.717, 1.165) is 11.3 Å². The molecule has 0 aliphatic rings. The lowest BCUT2D eigenvalue weighted by Crippen LogP contribution is -2.02. The summed E-state index contributed by atoms with van der Waals surface area (Å²) in [7, 11) is 1.58. The molecule has 8 nitrogen and oxygen atoms in total. The summed E-state index contributed by atoms with van der Waals surface area (Å²) < 4.78 is 5.50. The van der Waals surface area contributed by atoms with Crippen LogP contribution in [0.5, 0.6) is 5.75 Å². The summed E-state index contributed by atoms with van der Waals surface area (Å²) in [4.78, 5) is 10.8. The first-order valence-electron chi connectivity index (χ1n) is 7.22. The number of benzene rings is 2. The number of hydrogen-bond donors (Lipinski definition) is 1. The average Bonchev–Trinajstić information content (AvgIpc) is 2.64. The summed E-state index contributed by atoms with van der Waals surface area (Å²) in [6, 6.07) is 13.7. The van der Waals surface area contributed by atoms with Gasteiger partial charge in [0.15, 0.2) is 0 Å². The van der Waals surface area contributed by atoms with Crippen molar-refractivity contribution in [3.63, 3.8) is 0 Å². The van der Waals surface area contributed by atoms with Crippen molar-refractivity contribution in [3.8, 4) is 17.9 Å². The Labute approximate surface area is 157 Å². The number of hydrogen-bond acceptors (Lipinski definition) is 7. The lowest BCUT2D eigenvalue weighted by Gasteiger charge is -2.09. The van der Waals surface area contributed by atoms with Gasteiger partial charge in [0.2, 0.25) is 5.71 Å². The van der Waals surface area contributed by atoms with Gasteiger partial charge in [-0.2, -0.15) is 15.6 Å². The standard InChI is InChI=1S/C17H12BrN5O3/c1-26-14-4-2-11(3-5-14)6-12-7-15(18)17(16(8-12)23(24)25)22-21-13(9-19)10-20/h2-5,7-8,22H,6H2,1H3. The van der Waals surface area contributed by atoms with E-state index >= 15 is 0 Å². The summed E-state index contributed by atoms with van der Waals surface area (Å²) in [6.07, 6.45) is 0.481. The van der Waals surface area contributed by atoms with Gasteiger partial charge in [-0.05, 0) is 51.7 Å². The van der Waals surface area contributed by atoms with E-state index in [-0.39, 0.29) is 11.4 Å². The zero-order chi connectivity index (χ0) is 19.1. The summed E-state index contributed by atoms with van der Waals surface area (Å²) in [5, 5.41) is 32.4. The van der Waals surface area contributed by atoms with Gasteiger partial charge in [-0.25, -0.2) is 0 Å². The second kappa shape index (κ2) is 8.60. The number of halogens is 1. The highest BCUT2D eigenvalue weighted by Crippen LogP contribution is 2.35. The Bertz CT molecular complexity index is 927. The molecule has 9 heteroatoms. The van der Waals surface area contributed by atoms with Crippen LogP contribution in [0.3, 0.4) is 0 Å². The first-order chi connectivity index (χ1) is 12.5. The monoisotopic (exact) mass is 413 g/mol. The van der Waals surface area contributed by atoms with Crippen molar-refractivity contribution < 1.29 is 9.66 Å². The van der Waals surface area contributed by atoms with Crippen LogP contribution in [0, 0.1) is 32.8 Å². The van der Waals surface area contributed by atoms with Crippen molar-refractivity contribution in [1.29, 1.82) is 10.5 Å². The Hall–Kier alpha value is -3.43. The third-order valence-corrected chi connectivity index (χ3v) is 4.01. The van der Waals surface area contributed by atoms with E-state index < -0.39 is 10.6 Å². The second-order valence-corrected chi connectivity index (χ2v) is 5.90. The number of nitrogens with zero attached hydrogens (tertiary/aromatic N) is 4. The maximum atomic E-state index is 11.4. The molecule has 0 saturated carbocycles. The van der Waals surface area contributed by atoms with Crippen LogP contribution in [0.2, 0.25) is 0 Å². The fraction of sp³-hybridized carbons (Fsp3) is 0.118. The topological polar surface area (TPSA) is 124 Å². The van der Waals surface area contributed by atoms with Crippen LogP contribution >= 0.6 is 15.9 Å². The number of nitro benzene ring substituents is 1. The van der Waals surface area contributed by atoms with E-state index in [1.165, 1.54) is 6.07 Å². The number of methoxy groups -OCH3 is 1. The molecule has 26 heavy (non-hydrogen) atoms. The Kier molecular flexibility index (Phi) is 6.25. The molecule has 0 fully saturated rings. The van der Waals surface area contributed by atoms with Gasteiger partial charge < -0.3 is 4.74 Å². The van der Waals surface area contributed by atoms with Crippen molar-refractivity contribution in [2.45, 2.75) is 6.42 Å². The molecule has 0 unspecified atom stereocenters. The summed E-state index contributed by atoms with van der Waals surface area (Å²) in [6.45, 7) is 0. The van der Waals surface area contributed by atoms with Crippen LogP contribution in [0.15, 0.2) is 46.0 Å². The molecule has 0 amide bonds. The van der Waals surface area contributed by atoms with Crippen molar-refractivity contribution in [3.05, 3.63) is 62.1 Å². The summed E-state index contributed by atoms with van der Waals surface area (Å²) >= 11 is 3.27. The molecule has 0 atom stereocenters. The number of nitro groups is 1. The first-order valence-corrected chi connectivity index (χ1v) is 8.01. The molecule has 0 bridgehead atoms. The number of anilines is 1. The SMILES string of the molecule is COc1ccc(Cc2cc(Br)c(NN=C(C#N)C#N)c([N+](=O)[O-])c2)cc1. The second-order valence-electron chi connectivity index (χ2n) is 5.05. The van der Waals surface area contributed by atoms with Crippen LogP contribution in [0.1, 0.15) is 11.1 Å². The van der Waals surface area contributed by atoms with Gasteiger partial charge in [0.25, 0.3) is 5.69 Å². The van der Waals surface area contributed by atoms with Gasteiger partial charge in [0, 0.05) is 10.5 Å². The van der Waals surface area contributed by atoms with Gasteiger partial charge in [-0.15, -0.1) is 0 Å². The average molecular weight is 414 g/mol. The minimum Gasteiger partial charge on any atom is -0.497 e. The molecule has 1 N–H and O–H groups in total. The minimum atomic E-state index is -0.557. The van der Waals surface area contributed by atoms with E-state index in [4.69, 9.17) is 15.3 Å². The Morgan fingerprint density at radius 3 is 2.46 bits per heavy atom. The van der Waals surface area contributed by atoms with E-state index in [2.05, 4.69) is 26.5 Å². The number of ether oxygens (including phenoxy) is 1. The maximum Gasteiger partial charge on any atom is 0.295 e. The molecular weight excluding hydrogens is 402 g/mol. The highest BCUT2D eigenvalue weighted by molar-refractivity contribution is 9.10. The molecule has 0 spiro atoms. The Morgan fingerprint density at radius 2 is 1.92 bits per heavy atom. The van der Waals surface area contributed by atoms with Crippen LogP contribution in [-0.2, 0) is 6.42 Å². The zero-order valence-corrected chi connectivity index (χ0v) is 15.1. The van der Waals surface area contributed by atoms with Gasteiger partial charge >= 0.3 is 0 Å². The van der Waals surface area contributed by atoms with Gasteiger partial charge in [0.1, 0.15) is 23.6 Å². The number of hydrazone groups is 1. The molecule has 0 radical (unpaired) electrons. The van der Waals surface area contributed by atoms with Gasteiger partial charge in [-0.3, -0.25) is 15.5 Å². The van der Waals surface area contributed by atoms with Crippen molar-refractivity contribution in [2.24, 2.45) is 5.10 Å². The quantitative estimate of drug-likeness (QED) is 0.436. The van der Waals surface area contributed by atoms with Crippen LogP contribution in [0.4, 0.5) is 11.4 Å². The molecule has 130 valence electrons. The smallest absolute Gasteiger partial charge is 0.295 e. The maximum absolute atomic E-state index is 11.4. The third-order valence-electron chi connectivity index (χ3n) is 3.38. The Balaban J connectivity index is 2.36. The van der Waals surface area contributed by atoms with Crippen LogP contribution < -0.4 is 10.2 Å². The zero-order valence-electron chi connectivity index (χ0n) is 13.6. The molecule has 2 rings (SSSR count). The Morgan fingerprint density at radius 1 is 1.27 bits per heavy atom. The molecule has 0 saturated heterocycles. The lowest BCUT2D eigenvalue weighted by atomic mass is 10.0. The molecular formula is C17H12BrN5O3. The number of rotatable bonds is 6. The van der Waals surface area contributed by atoms with E-state index in [1.807, 2.05) is 24.3 Å². The molecule has 0 aliphatic carbocycles. The molecule has 2 aromatic rings. The third kappa shape index (κ3) is 4.56. The van der Waals surface area contributed by atoms with Crippen molar-refractivity contribution in [2.75, 3.05) is 12.5 Å². The fourth-order valence-corrected chi connectivity index (χ4v) is 2.76. The van der Waals surface area contributed by atoms with Gasteiger partial charge in [0.05, 0.1) is 12.0 Å². The normalized spacial score (nSPS) is 9.54. The minimum absolute atomic E-state index is 0.0662. The molecule has 0 aliphatic heterocycles. The van der Waals surface area contributed by atoms with E-state index in [0.29, 0.717) is 16.5 Å². The van der Waals surface area contributed by atoms with Crippen LogP contribution in [-0.4, -0.2) is 17.7 Å². The molecule has 2 aromatic carbocycles. The number of nitrogens with one attached hydrogen (secondary N) is 1. The first kappa shape index (κ1) is 18.9. The van der Waals surface area contributed by atoms with E-state index in [9.17, 15) is 10.1 Å².